The maximum absolute atomic E-state index is 9.90. The van der Waals surface area contributed by atoms with Crippen LogP contribution >= 0.6 is 15.9 Å². The topological polar surface area (TPSA) is 32.3 Å². The Kier molecular flexibility index (Phi) is 3.50. The largest absolute Gasteiger partial charge is 0.506 e. The summed E-state index contributed by atoms with van der Waals surface area (Å²) in [6, 6.07) is 5.76. The molecule has 0 amide bonds. The maximum Gasteiger partial charge on any atom is 0.134 e. The number of phenolic OH excluding ortho intramolecular Hbond substituents is 1. The van der Waals surface area contributed by atoms with E-state index in [1.807, 2.05) is 18.2 Å². The van der Waals surface area contributed by atoms with Gasteiger partial charge in [0.25, 0.3) is 0 Å². The number of para-hydroxylation sites is 1. The van der Waals surface area contributed by atoms with E-state index in [1.165, 1.54) is 0 Å². The van der Waals surface area contributed by atoms with E-state index in [0.29, 0.717) is 29.0 Å². The molecule has 100 valence electrons. The van der Waals surface area contributed by atoms with E-state index in [-0.39, 0.29) is 0 Å². The highest BCUT2D eigenvalue weighted by molar-refractivity contribution is 9.10. The van der Waals surface area contributed by atoms with E-state index in [0.717, 1.165) is 16.6 Å². The lowest BCUT2D eigenvalue weighted by Crippen LogP contribution is -2.18. The van der Waals surface area contributed by atoms with E-state index in [1.54, 1.807) is 0 Å². The van der Waals surface area contributed by atoms with Gasteiger partial charge in [-0.3, -0.25) is 0 Å². The van der Waals surface area contributed by atoms with Gasteiger partial charge in [-0.1, -0.05) is 39.8 Å². The number of phenols is 1. The molecule has 0 radical (unpaired) electrons. The fourth-order valence-electron chi connectivity index (χ4n) is 2.90. The average molecular weight is 312 g/mol. The number of hydrogen-bond acceptors (Lipinski definition) is 2. The van der Waals surface area contributed by atoms with Gasteiger partial charge in [0, 0.05) is 12.1 Å². The number of rotatable bonds is 4. The van der Waals surface area contributed by atoms with Crippen molar-refractivity contribution in [2.75, 3.05) is 6.54 Å². The SMILES string of the molecule is CC1(C)C(CNCc2cccc(Br)c2O)C1(C)C. The van der Waals surface area contributed by atoms with Gasteiger partial charge in [-0.2, -0.15) is 0 Å². The molecule has 2 nitrogen and oxygen atoms in total. The Morgan fingerprint density at radius 2 is 1.83 bits per heavy atom. The van der Waals surface area contributed by atoms with Crippen LogP contribution in [-0.4, -0.2) is 11.7 Å². The summed E-state index contributed by atoms with van der Waals surface area (Å²) in [4.78, 5) is 0. The lowest BCUT2D eigenvalue weighted by molar-refractivity contribution is 0.457. The molecule has 0 unspecified atom stereocenters. The molecular weight excluding hydrogens is 290 g/mol. The number of nitrogens with one attached hydrogen (secondary N) is 1. The fourth-order valence-corrected chi connectivity index (χ4v) is 3.30. The molecule has 1 aromatic carbocycles. The lowest BCUT2D eigenvalue weighted by atomic mass is 10.0. The molecule has 0 saturated heterocycles. The molecule has 3 heteroatoms. The van der Waals surface area contributed by atoms with Crippen LogP contribution in [0.15, 0.2) is 22.7 Å². The minimum atomic E-state index is 0.347. The number of aromatic hydroxyl groups is 1. The van der Waals surface area contributed by atoms with Crippen LogP contribution in [0.1, 0.15) is 33.3 Å². The van der Waals surface area contributed by atoms with Gasteiger partial charge in [-0.25, -0.2) is 0 Å². The number of hydrogen-bond donors (Lipinski definition) is 2. The number of benzene rings is 1. The Hall–Kier alpha value is -0.540. The van der Waals surface area contributed by atoms with Crippen LogP contribution in [0, 0.1) is 16.7 Å². The normalized spacial score (nSPS) is 20.9. The van der Waals surface area contributed by atoms with Crippen molar-refractivity contribution in [1.82, 2.24) is 5.32 Å². The first-order valence-corrected chi connectivity index (χ1v) is 7.25. The summed E-state index contributed by atoms with van der Waals surface area (Å²) < 4.78 is 0.758. The van der Waals surface area contributed by atoms with Crippen LogP contribution in [0.4, 0.5) is 0 Å². The monoisotopic (exact) mass is 311 g/mol. The molecule has 1 fully saturated rings. The predicted molar refractivity (Wildman–Crippen MR) is 78.6 cm³/mol. The molecule has 0 heterocycles. The smallest absolute Gasteiger partial charge is 0.134 e. The van der Waals surface area contributed by atoms with Crippen LogP contribution in [0.25, 0.3) is 0 Å². The van der Waals surface area contributed by atoms with Crippen LogP contribution in [-0.2, 0) is 6.54 Å². The van der Waals surface area contributed by atoms with Gasteiger partial charge >= 0.3 is 0 Å². The second-order valence-electron chi connectivity index (χ2n) is 6.37. The van der Waals surface area contributed by atoms with E-state index in [9.17, 15) is 5.11 Å². The molecule has 0 aromatic heterocycles. The van der Waals surface area contributed by atoms with Crippen LogP contribution in [0.2, 0.25) is 0 Å². The minimum Gasteiger partial charge on any atom is -0.506 e. The lowest BCUT2D eigenvalue weighted by Gasteiger charge is -2.09. The highest BCUT2D eigenvalue weighted by Crippen LogP contribution is 2.67. The minimum absolute atomic E-state index is 0.347. The summed E-state index contributed by atoms with van der Waals surface area (Å²) in [6.45, 7) is 11.0. The first kappa shape index (κ1) is 13.9. The summed E-state index contributed by atoms with van der Waals surface area (Å²) in [6.07, 6.45) is 0. The van der Waals surface area contributed by atoms with Crippen molar-refractivity contribution in [3.8, 4) is 5.75 Å². The number of halogens is 1. The molecule has 1 aliphatic rings. The van der Waals surface area contributed by atoms with Crippen molar-refractivity contribution in [3.63, 3.8) is 0 Å². The summed E-state index contributed by atoms with van der Waals surface area (Å²) >= 11 is 3.34. The highest BCUT2D eigenvalue weighted by atomic mass is 79.9. The molecule has 2 N–H and O–H groups in total. The zero-order chi connectivity index (χ0) is 13.6. The Bertz CT molecular complexity index is 440. The third kappa shape index (κ3) is 2.19. The van der Waals surface area contributed by atoms with E-state index < -0.39 is 0 Å². The van der Waals surface area contributed by atoms with Crippen molar-refractivity contribution in [2.45, 2.75) is 34.2 Å². The van der Waals surface area contributed by atoms with Gasteiger partial charge in [0.2, 0.25) is 0 Å². The van der Waals surface area contributed by atoms with Gasteiger partial charge in [0.15, 0.2) is 0 Å². The van der Waals surface area contributed by atoms with Crippen LogP contribution < -0.4 is 5.32 Å². The third-order valence-corrected chi connectivity index (χ3v) is 5.69. The molecule has 0 spiro atoms. The Morgan fingerprint density at radius 3 is 2.39 bits per heavy atom. The van der Waals surface area contributed by atoms with Gasteiger partial charge in [0.1, 0.15) is 5.75 Å². The average Bonchev–Trinajstić information content (AvgIpc) is 2.66. The molecule has 1 aliphatic carbocycles. The van der Waals surface area contributed by atoms with Gasteiger partial charge in [0.05, 0.1) is 4.47 Å². The predicted octanol–water partition coefficient (Wildman–Crippen LogP) is 3.93. The molecule has 1 aromatic rings. The molecule has 1 saturated carbocycles. The van der Waals surface area contributed by atoms with Crippen LogP contribution in [0.3, 0.4) is 0 Å². The second-order valence-corrected chi connectivity index (χ2v) is 7.23. The van der Waals surface area contributed by atoms with E-state index in [4.69, 9.17) is 0 Å². The van der Waals surface area contributed by atoms with E-state index in [2.05, 4.69) is 48.9 Å². The van der Waals surface area contributed by atoms with Gasteiger partial charge in [-0.15, -0.1) is 0 Å². The first-order chi connectivity index (χ1) is 8.28. The molecule has 2 rings (SSSR count). The highest BCUT2D eigenvalue weighted by Gasteiger charge is 2.63. The van der Waals surface area contributed by atoms with Gasteiger partial charge < -0.3 is 10.4 Å². The summed E-state index contributed by atoms with van der Waals surface area (Å²) in [7, 11) is 0. The van der Waals surface area contributed by atoms with E-state index >= 15 is 0 Å². The van der Waals surface area contributed by atoms with Crippen molar-refractivity contribution >= 4 is 15.9 Å². The Labute approximate surface area is 118 Å². The van der Waals surface area contributed by atoms with Crippen molar-refractivity contribution in [3.05, 3.63) is 28.2 Å². The Morgan fingerprint density at radius 1 is 1.22 bits per heavy atom. The molecular formula is C15H22BrNO. The van der Waals surface area contributed by atoms with Crippen molar-refractivity contribution < 1.29 is 5.11 Å². The second kappa shape index (κ2) is 4.53. The van der Waals surface area contributed by atoms with Gasteiger partial charge in [-0.05, 0) is 45.3 Å². The maximum atomic E-state index is 9.90. The molecule has 0 atom stereocenters. The summed E-state index contributed by atoms with van der Waals surface area (Å²) in [5.41, 5.74) is 1.78. The summed E-state index contributed by atoms with van der Waals surface area (Å²) in [5.74, 6) is 1.05. The third-order valence-electron chi connectivity index (χ3n) is 5.05. The zero-order valence-electron chi connectivity index (χ0n) is 11.5. The zero-order valence-corrected chi connectivity index (χ0v) is 13.1. The summed E-state index contributed by atoms with van der Waals surface area (Å²) in [5, 5.41) is 13.4. The molecule has 0 aliphatic heterocycles. The first-order valence-electron chi connectivity index (χ1n) is 6.45. The van der Waals surface area contributed by atoms with Crippen molar-refractivity contribution in [1.29, 1.82) is 0 Å². The fraction of sp³-hybridized carbons (Fsp3) is 0.600. The standard InChI is InChI=1S/C15H22BrNO/c1-14(2)12(15(14,3)4)9-17-8-10-6-5-7-11(16)13(10)18/h5-7,12,17-18H,8-9H2,1-4H3. The molecule has 0 bridgehead atoms. The molecule has 18 heavy (non-hydrogen) atoms. The Balaban J connectivity index is 1.89. The van der Waals surface area contributed by atoms with Crippen molar-refractivity contribution in [2.24, 2.45) is 16.7 Å². The van der Waals surface area contributed by atoms with Crippen LogP contribution in [0.5, 0.6) is 5.75 Å². The quantitative estimate of drug-likeness (QED) is 0.883.